The minimum atomic E-state index is -0.837. The van der Waals surface area contributed by atoms with Crippen LogP contribution in [0.15, 0.2) is 12.1 Å². The summed E-state index contributed by atoms with van der Waals surface area (Å²) >= 11 is 0. The van der Waals surface area contributed by atoms with Gasteiger partial charge in [-0.1, -0.05) is 0 Å². The molecule has 1 aromatic rings. The molecule has 0 bridgehead atoms. The number of methoxy groups -OCH3 is 1. The molecule has 0 unspecified atom stereocenters. The fourth-order valence-corrected chi connectivity index (χ4v) is 1.33. The van der Waals surface area contributed by atoms with Gasteiger partial charge in [-0.2, -0.15) is 5.26 Å². The molecule has 0 saturated heterocycles. The first-order valence-electron chi connectivity index (χ1n) is 4.55. The molecule has 0 aromatic heterocycles. The quantitative estimate of drug-likeness (QED) is 0.468. The lowest BCUT2D eigenvalue weighted by Gasteiger charge is -2.05. The van der Waals surface area contributed by atoms with E-state index in [1.807, 2.05) is 0 Å². The first kappa shape index (κ1) is 12.6. The van der Waals surface area contributed by atoms with Gasteiger partial charge in [-0.25, -0.2) is 4.79 Å². The maximum atomic E-state index is 11.4. The minimum absolute atomic E-state index is 0.00484. The Labute approximate surface area is 96.6 Å². The van der Waals surface area contributed by atoms with Crippen molar-refractivity contribution < 1.29 is 14.5 Å². The van der Waals surface area contributed by atoms with Crippen molar-refractivity contribution in [1.29, 1.82) is 5.26 Å². The van der Waals surface area contributed by atoms with Gasteiger partial charge in [0, 0.05) is 12.6 Å². The van der Waals surface area contributed by atoms with E-state index in [4.69, 9.17) is 11.0 Å². The topological polar surface area (TPSA) is 119 Å². The molecule has 1 rings (SSSR count). The van der Waals surface area contributed by atoms with Gasteiger partial charge in [0.25, 0.3) is 5.69 Å². The Hall–Kier alpha value is -2.46. The second-order valence-electron chi connectivity index (χ2n) is 3.09. The summed E-state index contributed by atoms with van der Waals surface area (Å²) in [6, 6.07) is 4.02. The Balaban J connectivity index is 3.52. The number of rotatable bonds is 3. The van der Waals surface area contributed by atoms with Crippen LogP contribution in [-0.4, -0.2) is 18.0 Å². The minimum Gasteiger partial charge on any atom is -0.465 e. The van der Waals surface area contributed by atoms with E-state index in [2.05, 4.69) is 4.74 Å². The monoisotopic (exact) mass is 235 g/mol. The van der Waals surface area contributed by atoms with Crippen molar-refractivity contribution in [3.63, 3.8) is 0 Å². The van der Waals surface area contributed by atoms with Crippen molar-refractivity contribution in [1.82, 2.24) is 0 Å². The lowest BCUT2D eigenvalue weighted by Crippen LogP contribution is -2.09. The number of hydrogen-bond donors (Lipinski definition) is 1. The van der Waals surface area contributed by atoms with Crippen molar-refractivity contribution in [3.05, 3.63) is 38.9 Å². The van der Waals surface area contributed by atoms with E-state index in [1.165, 1.54) is 6.07 Å². The molecule has 7 heteroatoms. The number of benzene rings is 1. The average molecular weight is 235 g/mol. The number of ether oxygens (including phenoxy) is 1. The van der Waals surface area contributed by atoms with Crippen LogP contribution in [0.3, 0.4) is 0 Å². The molecule has 1 aromatic carbocycles. The third-order valence-corrected chi connectivity index (χ3v) is 2.16. The van der Waals surface area contributed by atoms with Crippen molar-refractivity contribution in [2.75, 3.05) is 7.11 Å². The molecule has 0 aliphatic carbocycles. The molecule has 0 amide bonds. The Bertz CT molecular complexity index is 519. The predicted molar refractivity (Wildman–Crippen MR) is 57.0 cm³/mol. The fraction of sp³-hybridized carbons (Fsp3) is 0.200. The van der Waals surface area contributed by atoms with Crippen LogP contribution in [-0.2, 0) is 11.3 Å². The zero-order valence-electron chi connectivity index (χ0n) is 8.97. The van der Waals surface area contributed by atoms with Crippen molar-refractivity contribution in [2.45, 2.75) is 6.54 Å². The molecule has 0 saturated carbocycles. The molecule has 17 heavy (non-hydrogen) atoms. The SMILES string of the molecule is COC(=O)c1cc(CN)c(C#N)cc1[N+](=O)[O-]. The van der Waals surface area contributed by atoms with Crippen LogP contribution < -0.4 is 5.73 Å². The lowest BCUT2D eigenvalue weighted by atomic mass is 10.0. The number of carbonyl (C=O) groups excluding carboxylic acids is 1. The van der Waals surface area contributed by atoms with Crippen LogP contribution in [0.4, 0.5) is 5.69 Å². The van der Waals surface area contributed by atoms with E-state index < -0.39 is 16.6 Å². The molecule has 0 aliphatic heterocycles. The molecule has 0 spiro atoms. The predicted octanol–water partition coefficient (Wildman–Crippen LogP) is 0.712. The molecule has 0 heterocycles. The summed E-state index contributed by atoms with van der Waals surface area (Å²) in [4.78, 5) is 21.4. The molecule has 88 valence electrons. The smallest absolute Gasteiger partial charge is 0.344 e. The van der Waals surface area contributed by atoms with Crippen LogP contribution in [0.2, 0.25) is 0 Å². The third kappa shape index (κ3) is 2.38. The van der Waals surface area contributed by atoms with Gasteiger partial charge in [0.2, 0.25) is 0 Å². The van der Waals surface area contributed by atoms with Crippen LogP contribution in [0.5, 0.6) is 0 Å². The van der Waals surface area contributed by atoms with Gasteiger partial charge >= 0.3 is 5.97 Å². The first-order chi connectivity index (χ1) is 8.04. The van der Waals surface area contributed by atoms with Crippen LogP contribution in [0.25, 0.3) is 0 Å². The number of nitrogens with two attached hydrogens (primary N) is 1. The normalized spacial score (nSPS) is 9.47. The van der Waals surface area contributed by atoms with Crippen molar-refractivity contribution in [2.24, 2.45) is 5.73 Å². The number of nitrogens with zero attached hydrogens (tertiary/aromatic N) is 2. The second-order valence-corrected chi connectivity index (χ2v) is 3.09. The summed E-state index contributed by atoms with van der Waals surface area (Å²) in [5.41, 5.74) is 5.15. The standard InChI is InChI=1S/C10H9N3O4/c1-17-10(14)8-2-6(4-11)7(5-12)3-9(8)13(15)16/h2-3H,4,11H2,1H3. The zero-order chi connectivity index (χ0) is 13.0. The molecule has 0 atom stereocenters. The lowest BCUT2D eigenvalue weighted by molar-refractivity contribution is -0.385. The summed E-state index contributed by atoms with van der Waals surface area (Å²) in [5.74, 6) is -0.837. The fourth-order valence-electron chi connectivity index (χ4n) is 1.33. The highest BCUT2D eigenvalue weighted by Crippen LogP contribution is 2.24. The van der Waals surface area contributed by atoms with Gasteiger partial charge in [0.1, 0.15) is 5.56 Å². The van der Waals surface area contributed by atoms with E-state index in [9.17, 15) is 14.9 Å². The number of esters is 1. The van der Waals surface area contributed by atoms with Crippen molar-refractivity contribution >= 4 is 11.7 Å². The van der Waals surface area contributed by atoms with E-state index in [0.29, 0.717) is 5.56 Å². The summed E-state index contributed by atoms with van der Waals surface area (Å²) in [7, 11) is 1.12. The first-order valence-corrected chi connectivity index (χ1v) is 4.55. The Morgan fingerprint density at radius 1 is 1.65 bits per heavy atom. The van der Waals surface area contributed by atoms with Gasteiger partial charge in [0.15, 0.2) is 0 Å². The van der Waals surface area contributed by atoms with E-state index in [-0.39, 0.29) is 17.7 Å². The van der Waals surface area contributed by atoms with Gasteiger partial charge in [-0.05, 0) is 11.6 Å². The summed E-state index contributed by atoms with van der Waals surface area (Å²) < 4.78 is 4.43. The highest BCUT2D eigenvalue weighted by atomic mass is 16.6. The molecule has 0 fully saturated rings. The average Bonchev–Trinajstić information content (AvgIpc) is 2.35. The highest BCUT2D eigenvalue weighted by Gasteiger charge is 2.23. The van der Waals surface area contributed by atoms with E-state index >= 15 is 0 Å². The zero-order valence-corrected chi connectivity index (χ0v) is 8.97. The third-order valence-electron chi connectivity index (χ3n) is 2.16. The maximum absolute atomic E-state index is 11.4. The van der Waals surface area contributed by atoms with Gasteiger partial charge in [-0.3, -0.25) is 10.1 Å². The molecule has 0 aliphatic rings. The Morgan fingerprint density at radius 2 is 2.29 bits per heavy atom. The van der Waals surface area contributed by atoms with Crippen LogP contribution in [0.1, 0.15) is 21.5 Å². The van der Waals surface area contributed by atoms with E-state index in [0.717, 1.165) is 13.2 Å². The van der Waals surface area contributed by atoms with Crippen LogP contribution in [0, 0.1) is 21.4 Å². The largest absolute Gasteiger partial charge is 0.465 e. The number of nitriles is 1. The van der Waals surface area contributed by atoms with E-state index in [1.54, 1.807) is 6.07 Å². The molecular formula is C10H9N3O4. The molecule has 0 radical (unpaired) electrons. The molecular weight excluding hydrogens is 226 g/mol. The number of carbonyl (C=O) groups is 1. The maximum Gasteiger partial charge on any atom is 0.344 e. The molecule has 2 N–H and O–H groups in total. The van der Waals surface area contributed by atoms with Gasteiger partial charge in [-0.15, -0.1) is 0 Å². The highest BCUT2D eigenvalue weighted by molar-refractivity contribution is 5.94. The van der Waals surface area contributed by atoms with Gasteiger partial charge < -0.3 is 10.5 Å². The number of hydrogen-bond acceptors (Lipinski definition) is 6. The summed E-state index contributed by atoms with van der Waals surface area (Å²) in [6.07, 6.45) is 0. The Morgan fingerprint density at radius 3 is 2.71 bits per heavy atom. The molecule has 7 nitrogen and oxygen atoms in total. The number of nitro groups is 1. The van der Waals surface area contributed by atoms with Gasteiger partial charge in [0.05, 0.1) is 23.7 Å². The van der Waals surface area contributed by atoms with Crippen LogP contribution >= 0.6 is 0 Å². The van der Waals surface area contributed by atoms with Crippen molar-refractivity contribution in [3.8, 4) is 6.07 Å². The Kier molecular flexibility index (Phi) is 3.74. The second kappa shape index (κ2) is 5.05. The summed E-state index contributed by atoms with van der Waals surface area (Å²) in [5, 5.41) is 19.6. The summed E-state index contributed by atoms with van der Waals surface area (Å²) in [6.45, 7) is 0.00484. The number of nitro benzene ring substituents is 1.